The highest BCUT2D eigenvalue weighted by atomic mass is 14.9. The van der Waals surface area contributed by atoms with Crippen LogP contribution in [-0.2, 0) is 0 Å². The Hall–Kier alpha value is -1.24. The van der Waals surface area contributed by atoms with E-state index in [-0.39, 0.29) is 0 Å². The summed E-state index contributed by atoms with van der Waals surface area (Å²) in [6, 6.07) is 0.503. The summed E-state index contributed by atoms with van der Waals surface area (Å²) in [6.45, 7) is 0. The van der Waals surface area contributed by atoms with Crippen molar-refractivity contribution in [2.75, 3.05) is 0 Å². The van der Waals surface area contributed by atoms with Gasteiger partial charge in [-0.25, -0.2) is 0 Å². The van der Waals surface area contributed by atoms with Crippen LogP contribution in [0.15, 0.2) is 48.2 Å². The molecule has 0 amide bonds. The van der Waals surface area contributed by atoms with Gasteiger partial charge in [0, 0.05) is 11.7 Å². The van der Waals surface area contributed by atoms with E-state index in [2.05, 4.69) is 47.8 Å². The molecule has 68 valence electrons. The van der Waals surface area contributed by atoms with Gasteiger partial charge < -0.3 is 5.32 Å². The number of hydrogen-bond acceptors (Lipinski definition) is 1. The van der Waals surface area contributed by atoms with Gasteiger partial charge in [-0.2, -0.15) is 0 Å². The van der Waals surface area contributed by atoms with E-state index in [1.54, 1.807) is 0 Å². The smallest absolute Gasteiger partial charge is 0.0479 e. The number of nitrogens with one attached hydrogen (secondary N) is 1. The maximum absolute atomic E-state index is 3.53. The molecular formula is C12H15N. The van der Waals surface area contributed by atoms with Gasteiger partial charge in [0.1, 0.15) is 0 Å². The SMILES string of the molecule is C1=CCCC(NC2C=CC=CC2)=C1. The molecule has 0 aromatic carbocycles. The van der Waals surface area contributed by atoms with E-state index in [0.717, 1.165) is 12.8 Å². The minimum Gasteiger partial charge on any atom is -0.382 e. The lowest BCUT2D eigenvalue weighted by Gasteiger charge is -2.19. The molecule has 2 aliphatic carbocycles. The zero-order chi connectivity index (χ0) is 8.93. The van der Waals surface area contributed by atoms with E-state index in [1.807, 2.05) is 0 Å². The molecule has 1 N–H and O–H groups in total. The number of allylic oxidation sites excluding steroid dienone is 6. The molecule has 2 rings (SSSR count). The Balaban J connectivity index is 1.90. The minimum absolute atomic E-state index is 0.503. The van der Waals surface area contributed by atoms with Gasteiger partial charge in [-0.05, 0) is 25.3 Å². The van der Waals surface area contributed by atoms with Gasteiger partial charge in [0.15, 0.2) is 0 Å². The summed E-state index contributed by atoms with van der Waals surface area (Å²) in [7, 11) is 0. The van der Waals surface area contributed by atoms with E-state index in [9.17, 15) is 0 Å². The molecule has 1 nitrogen and oxygen atoms in total. The highest BCUT2D eigenvalue weighted by Crippen LogP contribution is 2.12. The second-order valence-electron chi connectivity index (χ2n) is 3.46. The monoisotopic (exact) mass is 173 g/mol. The van der Waals surface area contributed by atoms with Gasteiger partial charge in [-0.1, -0.05) is 36.5 Å². The van der Waals surface area contributed by atoms with Crippen LogP contribution in [0.3, 0.4) is 0 Å². The summed E-state index contributed by atoms with van der Waals surface area (Å²) in [6.07, 6.45) is 18.6. The largest absolute Gasteiger partial charge is 0.382 e. The van der Waals surface area contributed by atoms with Crippen molar-refractivity contribution in [1.82, 2.24) is 5.32 Å². The Bertz CT molecular complexity index is 281. The van der Waals surface area contributed by atoms with E-state index < -0.39 is 0 Å². The van der Waals surface area contributed by atoms with Crippen LogP contribution in [-0.4, -0.2) is 6.04 Å². The van der Waals surface area contributed by atoms with Crippen molar-refractivity contribution >= 4 is 0 Å². The fraction of sp³-hybridized carbons (Fsp3) is 0.333. The van der Waals surface area contributed by atoms with Gasteiger partial charge >= 0.3 is 0 Å². The average molecular weight is 173 g/mol. The normalized spacial score (nSPS) is 25.8. The van der Waals surface area contributed by atoms with Crippen molar-refractivity contribution in [1.29, 1.82) is 0 Å². The third-order valence-electron chi connectivity index (χ3n) is 2.37. The molecule has 0 aromatic rings. The lowest BCUT2D eigenvalue weighted by atomic mass is 10.1. The molecule has 0 radical (unpaired) electrons. The van der Waals surface area contributed by atoms with Gasteiger partial charge in [0.25, 0.3) is 0 Å². The van der Waals surface area contributed by atoms with Crippen LogP contribution in [0, 0.1) is 0 Å². The zero-order valence-corrected chi connectivity index (χ0v) is 7.74. The average Bonchev–Trinajstić information content (AvgIpc) is 2.21. The Morgan fingerprint density at radius 3 is 2.85 bits per heavy atom. The molecular weight excluding hydrogens is 158 g/mol. The molecule has 1 unspecified atom stereocenters. The maximum atomic E-state index is 3.53. The van der Waals surface area contributed by atoms with Crippen LogP contribution in [0.1, 0.15) is 19.3 Å². The van der Waals surface area contributed by atoms with Gasteiger partial charge in [0.2, 0.25) is 0 Å². The number of rotatable bonds is 2. The van der Waals surface area contributed by atoms with Crippen molar-refractivity contribution < 1.29 is 0 Å². The maximum Gasteiger partial charge on any atom is 0.0479 e. The third-order valence-corrected chi connectivity index (χ3v) is 2.37. The predicted molar refractivity (Wildman–Crippen MR) is 56.3 cm³/mol. The fourth-order valence-electron chi connectivity index (χ4n) is 1.65. The Kier molecular flexibility index (Phi) is 2.65. The van der Waals surface area contributed by atoms with Crippen LogP contribution in [0.4, 0.5) is 0 Å². The second kappa shape index (κ2) is 4.13. The quantitative estimate of drug-likeness (QED) is 0.677. The molecule has 1 heteroatoms. The first-order valence-corrected chi connectivity index (χ1v) is 4.91. The van der Waals surface area contributed by atoms with Crippen molar-refractivity contribution in [3.05, 3.63) is 48.2 Å². The van der Waals surface area contributed by atoms with Gasteiger partial charge in [-0.3, -0.25) is 0 Å². The van der Waals surface area contributed by atoms with Crippen molar-refractivity contribution in [3.8, 4) is 0 Å². The summed E-state index contributed by atoms with van der Waals surface area (Å²) in [5.74, 6) is 0. The Labute approximate surface area is 79.5 Å². The molecule has 0 aromatic heterocycles. The van der Waals surface area contributed by atoms with E-state index in [1.165, 1.54) is 12.1 Å². The summed E-state index contributed by atoms with van der Waals surface area (Å²) in [4.78, 5) is 0. The topological polar surface area (TPSA) is 12.0 Å². The molecule has 1 atom stereocenters. The fourth-order valence-corrected chi connectivity index (χ4v) is 1.65. The number of hydrogen-bond donors (Lipinski definition) is 1. The van der Waals surface area contributed by atoms with Crippen LogP contribution in [0.25, 0.3) is 0 Å². The van der Waals surface area contributed by atoms with E-state index >= 15 is 0 Å². The molecule has 0 spiro atoms. The molecule has 2 aliphatic rings. The van der Waals surface area contributed by atoms with Gasteiger partial charge in [-0.15, -0.1) is 0 Å². The first-order valence-electron chi connectivity index (χ1n) is 4.91. The highest BCUT2D eigenvalue weighted by molar-refractivity contribution is 5.20. The summed E-state index contributed by atoms with van der Waals surface area (Å²) in [5, 5.41) is 3.53. The van der Waals surface area contributed by atoms with E-state index in [0.29, 0.717) is 6.04 Å². The van der Waals surface area contributed by atoms with E-state index in [4.69, 9.17) is 0 Å². The Morgan fingerprint density at radius 2 is 2.15 bits per heavy atom. The third kappa shape index (κ3) is 2.35. The lowest BCUT2D eigenvalue weighted by Crippen LogP contribution is -2.27. The van der Waals surface area contributed by atoms with Crippen molar-refractivity contribution in [3.63, 3.8) is 0 Å². The molecule has 13 heavy (non-hydrogen) atoms. The molecule has 0 saturated heterocycles. The molecule has 0 saturated carbocycles. The van der Waals surface area contributed by atoms with Crippen LogP contribution < -0.4 is 5.32 Å². The first-order chi connectivity index (χ1) is 6.45. The summed E-state index contributed by atoms with van der Waals surface area (Å²) < 4.78 is 0. The first kappa shape index (κ1) is 8.36. The molecule has 0 fully saturated rings. The van der Waals surface area contributed by atoms with Gasteiger partial charge in [0.05, 0.1) is 0 Å². The summed E-state index contributed by atoms with van der Waals surface area (Å²) in [5.41, 5.74) is 1.37. The van der Waals surface area contributed by atoms with Crippen LogP contribution in [0.2, 0.25) is 0 Å². The molecule has 0 aliphatic heterocycles. The van der Waals surface area contributed by atoms with Crippen molar-refractivity contribution in [2.45, 2.75) is 25.3 Å². The highest BCUT2D eigenvalue weighted by Gasteiger charge is 2.06. The second-order valence-corrected chi connectivity index (χ2v) is 3.46. The Morgan fingerprint density at radius 1 is 1.15 bits per heavy atom. The van der Waals surface area contributed by atoms with Crippen LogP contribution in [0.5, 0.6) is 0 Å². The van der Waals surface area contributed by atoms with Crippen molar-refractivity contribution in [2.24, 2.45) is 0 Å². The lowest BCUT2D eigenvalue weighted by molar-refractivity contribution is 0.644. The minimum atomic E-state index is 0.503. The standard InChI is InChI=1S/C12H15N/c1-3-7-11(8-4-1)13-12-9-5-2-6-10-12/h1-5,7,9,11,13H,6,8,10H2. The zero-order valence-electron chi connectivity index (χ0n) is 7.74. The summed E-state index contributed by atoms with van der Waals surface area (Å²) >= 11 is 0. The molecule has 0 bridgehead atoms. The molecule has 0 heterocycles. The van der Waals surface area contributed by atoms with Crippen LogP contribution >= 0.6 is 0 Å². The predicted octanol–water partition coefficient (Wildman–Crippen LogP) is 2.69.